The van der Waals surface area contributed by atoms with Gasteiger partial charge in [0.2, 0.25) is 15.9 Å². The zero-order valence-electron chi connectivity index (χ0n) is 13.8. The van der Waals surface area contributed by atoms with Crippen LogP contribution in [-0.2, 0) is 10.0 Å². The summed E-state index contributed by atoms with van der Waals surface area (Å²) in [5.41, 5.74) is 3.32. The monoisotopic (exact) mass is 359 g/mol. The van der Waals surface area contributed by atoms with Crippen molar-refractivity contribution < 1.29 is 13.2 Å². The quantitative estimate of drug-likeness (QED) is 0.748. The number of hydrogen-bond acceptors (Lipinski definition) is 6. The van der Waals surface area contributed by atoms with Gasteiger partial charge in [-0.15, -0.1) is 0 Å². The summed E-state index contributed by atoms with van der Waals surface area (Å²) in [4.78, 5) is 8.46. The lowest BCUT2D eigenvalue weighted by Gasteiger charge is -2.12. The zero-order valence-corrected chi connectivity index (χ0v) is 14.6. The van der Waals surface area contributed by atoms with E-state index in [2.05, 4.69) is 19.8 Å². The first-order chi connectivity index (χ1) is 12.0. The molecule has 3 aromatic heterocycles. The van der Waals surface area contributed by atoms with Crippen LogP contribution >= 0.6 is 0 Å². The van der Waals surface area contributed by atoms with Crippen LogP contribution in [0.25, 0.3) is 16.9 Å². The van der Waals surface area contributed by atoms with Crippen LogP contribution in [0.3, 0.4) is 0 Å². The molecule has 9 heteroatoms. The lowest BCUT2D eigenvalue weighted by molar-refractivity contribution is 0.400. The van der Waals surface area contributed by atoms with Gasteiger partial charge < -0.3 is 4.74 Å². The molecule has 1 N–H and O–H groups in total. The highest BCUT2D eigenvalue weighted by Gasteiger charge is 2.36. The smallest absolute Gasteiger partial charge is 0.238 e. The second kappa shape index (κ2) is 5.69. The first kappa shape index (κ1) is 15.8. The largest absolute Gasteiger partial charge is 0.480 e. The van der Waals surface area contributed by atoms with Crippen molar-refractivity contribution in [1.29, 1.82) is 0 Å². The molecule has 0 spiro atoms. The molecule has 3 aromatic rings. The molecule has 3 heterocycles. The van der Waals surface area contributed by atoms with Crippen LogP contribution in [0.5, 0.6) is 5.88 Å². The lowest BCUT2D eigenvalue weighted by Crippen LogP contribution is -2.18. The van der Waals surface area contributed by atoms with Gasteiger partial charge in [0, 0.05) is 11.8 Å². The van der Waals surface area contributed by atoms with E-state index in [1.807, 2.05) is 19.1 Å². The second-order valence-corrected chi connectivity index (χ2v) is 7.98. The number of hydrogen-bond donors (Lipinski definition) is 1. The van der Waals surface area contributed by atoms with E-state index < -0.39 is 10.0 Å². The highest BCUT2D eigenvalue weighted by molar-refractivity contribution is 7.93. The van der Waals surface area contributed by atoms with E-state index in [9.17, 15) is 8.42 Å². The van der Waals surface area contributed by atoms with Crippen molar-refractivity contribution in [2.24, 2.45) is 0 Å². The zero-order chi connectivity index (χ0) is 17.6. The third kappa shape index (κ3) is 2.91. The molecular weight excluding hydrogens is 342 g/mol. The summed E-state index contributed by atoms with van der Waals surface area (Å²) in [6.45, 7) is 1.91. The average Bonchev–Trinajstić information content (AvgIpc) is 3.40. The lowest BCUT2D eigenvalue weighted by atomic mass is 10.2. The van der Waals surface area contributed by atoms with Gasteiger partial charge in [-0.05, 0) is 38.0 Å². The number of sulfonamides is 1. The maximum Gasteiger partial charge on any atom is 0.238 e. The number of anilines is 1. The first-order valence-corrected chi connectivity index (χ1v) is 9.40. The van der Waals surface area contributed by atoms with Gasteiger partial charge in [0.15, 0.2) is 5.65 Å². The summed E-state index contributed by atoms with van der Waals surface area (Å²) in [5.74, 6) is 0.230. The first-order valence-electron chi connectivity index (χ1n) is 7.85. The Kier molecular flexibility index (Phi) is 3.60. The van der Waals surface area contributed by atoms with E-state index in [1.165, 1.54) is 7.11 Å². The number of aryl methyl sites for hydroxylation is 1. The van der Waals surface area contributed by atoms with Crippen LogP contribution in [0, 0.1) is 6.92 Å². The average molecular weight is 359 g/mol. The minimum absolute atomic E-state index is 0.230. The van der Waals surface area contributed by atoms with Crippen LogP contribution in [0.15, 0.2) is 30.6 Å². The van der Waals surface area contributed by atoms with Gasteiger partial charge in [-0.1, -0.05) is 0 Å². The van der Waals surface area contributed by atoms with E-state index in [0.29, 0.717) is 29.8 Å². The maximum atomic E-state index is 12.2. The van der Waals surface area contributed by atoms with Gasteiger partial charge in [-0.2, -0.15) is 5.10 Å². The number of pyridine rings is 1. The van der Waals surface area contributed by atoms with Crippen molar-refractivity contribution in [2.75, 3.05) is 11.8 Å². The van der Waals surface area contributed by atoms with Crippen molar-refractivity contribution in [3.05, 3.63) is 36.3 Å². The number of fused-ring (bicyclic) bond motifs is 1. The Morgan fingerprint density at radius 2 is 2.04 bits per heavy atom. The fourth-order valence-corrected chi connectivity index (χ4v) is 3.96. The van der Waals surface area contributed by atoms with Crippen molar-refractivity contribution in [3.63, 3.8) is 0 Å². The number of methoxy groups -OCH3 is 1. The number of ether oxygens (including phenoxy) is 1. The van der Waals surface area contributed by atoms with Crippen LogP contribution < -0.4 is 9.46 Å². The fraction of sp³-hybridized carbons (Fsp3) is 0.312. The van der Waals surface area contributed by atoms with Gasteiger partial charge in [-0.3, -0.25) is 4.72 Å². The Morgan fingerprint density at radius 3 is 2.76 bits per heavy atom. The third-order valence-electron chi connectivity index (χ3n) is 4.09. The molecule has 1 aliphatic carbocycles. The summed E-state index contributed by atoms with van der Waals surface area (Å²) in [7, 11) is -1.96. The molecule has 0 amide bonds. The molecule has 25 heavy (non-hydrogen) atoms. The molecule has 0 saturated heterocycles. The number of nitrogens with one attached hydrogen (secondary N) is 1. The van der Waals surface area contributed by atoms with Crippen molar-refractivity contribution in [1.82, 2.24) is 19.6 Å². The van der Waals surface area contributed by atoms with Gasteiger partial charge >= 0.3 is 0 Å². The molecule has 0 bridgehead atoms. The minimum atomic E-state index is -3.41. The van der Waals surface area contributed by atoms with Crippen molar-refractivity contribution in [2.45, 2.75) is 25.0 Å². The number of aromatic nitrogens is 4. The summed E-state index contributed by atoms with van der Waals surface area (Å²) in [6.07, 6.45) is 4.72. The molecule has 1 fully saturated rings. The topological polar surface area (TPSA) is 98.5 Å². The van der Waals surface area contributed by atoms with E-state index in [4.69, 9.17) is 4.74 Å². The molecule has 0 unspecified atom stereocenters. The Balaban J connectivity index is 1.76. The standard InChI is InChI=1S/C16H17N5O3S/c1-10-8-17-15-6-5-13(19-21(10)15)11-7-14(16(24-2)18-9-11)20-25(22,23)12-3-4-12/h5-9,12,20H,3-4H2,1-2H3. The van der Waals surface area contributed by atoms with Crippen LogP contribution in [0.1, 0.15) is 18.5 Å². The van der Waals surface area contributed by atoms with E-state index in [-0.39, 0.29) is 11.1 Å². The van der Waals surface area contributed by atoms with Crippen molar-refractivity contribution in [3.8, 4) is 17.1 Å². The van der Waals surface area contributed by atoms with Crippen LogP contribution in [-0.4, -0.2) is 40.4 Å². The predicted octanol–water partition coefficient (Wildman–Crippen LogP) is 2.01. The highest BCUT2D eigenvalue weighted by Crippen LogP contribution is 2.33. The fourth-order valence-electron chi connectivity index (χ4n) is 2.58. The van der Waals surface area contributed by atoms with Crippen molar-refractivity contribution >= 4 is 21.4 Å². The molecule has 8 nitrogen and oxygen atoms in total. The summed E-state index contributed by atoms with van der Waals surface area (Å²) in [5, 5.41) is 4.21. The Bertz CT molecular complexity index is 1060. The molecule has 0 aromatic carbocycles. The Labute approximate surface area is 144 Å². The Hall–Kier alpha value is -2.68. The van der Waals surface area contributed by atoms with Crippen LogP contribution in [0.2, 0.25) is 0 Å². The molecule has 0 aliphatic heterocycles. The number of rotatable bonds is 5. The van der Waals surface area contributed by atoms with Gasteiger partial charge in [0.25, 0.3) is 0 Å². The normalized spacial score (nSPS) is 14.6. The molecular formula is C16H17N5O3S. The molecule has 1 aliphatic rings. The summed E-state index contributed by atoms with van der Waals surface area (Å²) in [6, 6.07) is 5.37. The van der Waals surface area contributed by atoms with Gasteiger partial charge in [-0.25, -0.2) is 22.9 Å². The molecule has 0 atom stereocenters. The summed E-state index contributed by atoms with van der Waals surface area (Å²) < 4.78 is 34.0. The predicted molar refractivity (Wildman–Crippen MR) is 93.1 cm³/mol. The molecule has 0 radical (unpaired) electrons. The third-order valence-corrected chi connectivity index (χ3v) is 5.94. The SMILES string of the molecule is COc1ncc(-c2ccc3ncc(C)n3n2)cc1NS(=O)(=O)C1CC1. The minimum Gasteiger partial charge on any atom is -0.480 e. The van der Waals surface area contributed by atoms with E-state index >= 15 is 0 Å². The second-order valence-electron chi connectivity index (χ2n) is 6.02. The maximum absolute atomic E-state index is 12.2. The Morgan fingerprint density at radius 1 is 1.24 bits per heavy atom. The van der Waals surface area contributed by atoms with Gasteiger partial charge in [0.1, 0.15) is 5.69 Å². The highest BCUT2D eigenvalue weighted by atomic mass is 32.2. The molecule has 1 saturated carbocycles. The molecule has 4 rings (SSSR count). The molecule has 130 valence electrons. The number of imidazole rings is 1. The van der Waals surface area contributed by atoms with Gasteiger partial charge in [0.05, 0.1) is 29.9 Å². The number of nitrogens with zero attached hydrogens (tertiary/aromatic N) is 4. The van der Waals surface area contributed by atoms with Crippen LogP contribution in [0.4, 0.5) is 5.69 Å². The van der Waals surface area contributed by atoms with E-state index in [1.54, 1.807) is 23.0 Å². The van der Waals surface area contributed by atoms with E-state index in [0.717, 1.165) is 11.3 Å². The summed E-state index contributed by atoms with van der Waals surface area (Å²) >= 11 is 0.